The van der Waals surface area contributed by atoms with Crippen LogP contribution in [0, 0.1) is 0 Å². The third kappa shape index (κ3) is 2.91. The molecule has 0 atom stereocenters. The van der Waals surface area contributed by atoms with Gasteiger partial charge in [-0.2, -0.15) is 0 Å². The third-order valence-corrected chi connectivity index (χ3v) is 5.58. The maximum absolute atomic E-state index is 2.36. The molecular formula is C18H34N2+2. The molecule has 0 radical (unpaired) electrons. The van der Waals surface area contributed by atoms with Crippen LogP contribution in [0.15, 0.2) is 24.3 Å². The van der Waals surface area contributed by atoms with Gasteiger partial charge in [0, 0.05) is 24.3 Å². The van der Waals surface area contributed by atoms with Crippen molar-refractivity contribution in [2.45, 2.75) is 41.5 Å². The minimum atomic E-state index is 1.09. The Labute approximate surface area is 126 Å². The molecule has 0 saturated carbocycles. The lowest BCUT2D eigenvalue weighted by Gasteiger charge is -2.37. The van der Waals surface area contributed by atoms with Gasteiger partial charge in [0.15, 0.2) is 0 Å². The summed E-state index contributed by atoms with van der Waals surface area (Å²) in [5, 5.41) is 0. The van der Waals surface area contributed by atoms with Crippen molar-refractivity contribution in [3.8, 4) is 0 Å². The van der Waals surface area contributed by atoms with Gasteiger partial charge in [0.05, 0.1) is 39.3 Å². The molecule has 0 amide bonds. The molecule has 20 heavy (non-hydrogen) atoms. The monoisotopic (exact) mass is 278 g/mol. The minimum absolute atomic E-state index is 1.09. The Hall–Kier alpha value is -0.860. The van der Waals surface area contributed by atoms with Crippen molar-refractivity contribution in [2.24, 2.45) is 0 Å². The molecule has 0 aliphatic heterocycles. The maximum Gasteiger partial charge on any atom is 0.133 e. The van der Waals surface area contributed by atoms with E-state index in [4.69, 9.17) is 0 Å². The Kier molecular flexibility index (Phi) is 6.22. The highest BCUT2D eigenvalue weighted by molar-refractivity contribution is 5.53. The maximum atomic E-state index is 2.36. The van der Waals surface area contributed by atoms with Crippen molar-refractivity contribution < 1.29 is 0 Å². The first kappa shape index (κ1) is 17.2. The number of rotatable bonds is 8. The van der Waals surface area contributed by atoms with Crippen LogP contribution in [0.5, 0.6) is 0 Å². The highest BCUT2D eigenvalue weighted by Crippen LogP contribution is 2.29. The van der Waals surface area contributed by atoms with E-state index in [-0.39, 0.29) is 0 Å². The van der Waals surface area contributed by atoms with Crippen molar-refractivity contribution in [1.29, 1.82) is 0 Å². The van der Waals surface area contributed by atoms with Gasteiger partial charge in [-0.15, -0.1) is 0 Å². The predicted octanol–water partition coefficient (Wildman–Crippen LogP) is 4.42. The second-order valence-corrected chi connectivity index (χ2v) is 5.70. The van der Waals surface area contributed by atoms with Gasteiger partial charge in [-0.1, -0.05) is 0 Å². The summed E-state index contributed by atoms with van der Waals surface area (Å²) < 4.78 is 2.18. The first-order valence-electron chi connectivity index (χ1n) is 8.41. The Morgan fingerprint density at radius 3 is 0.850 bits per heavy atom. The van der Waals surface area contributed by atoms with Gasteiger partial charge in [-0.3, -0.25) is 8.97 Å². The van der Waals surface area contributed by atoms with E-state index in [0.29, 0.717) is 0 Å². The second kappa shape index (κ2) is 7.24. The van der Waals surface area contributed by atoms with Gasteiger partial charge in [0.25, 0.3) is 0 Å². The average Bonchev–Trinajstić information content (AvgIpc) is 2.53. The van der Waals surface area contributed by atoms with E-state index >= 15 is 0 Å². The molecule has 0 fully saturated rings. The summed E-state index contributed by atoms with van der Waals surface area (Å²) in [6, 6.07) is 9.44. The SMILES string of the molecule is CC[N+](CC)(CC)c1ccc([N+](CC)(CC)CC)cc1. The average molecular weight is 278 g/mol. The molecule has 0 N–H and O–H groups in total. The summed E-state index contributed by atoms with van der Waals surface area (Å²) >= 11 is 0. The van der Waals surface area contributed by atoms with E-state index in [0.717, 1.165) is 8.97 Å². The molecule has 0 aliphatic carbocycles. The molecule has 0 spiro atoms. The highest BCUT2D eigenvalue weighted by Gasteiger charge is 2.27. The molecule has 2 heteroatoms. The number of hydrogen-bond acceptors (Lipinski definition) is 0. The third-order valence-electron chi connectivity index (χ3n) is 5.58. The molecule has 1 aromatic rings. The Bertz CT molecular complexity index is 331. The van der Waals surface area contributed by atoms with E-state index in [2.05, 4.69) is 65.8 Å². The van der Waals surface area contributed by atoms with E-state index in [1.165, 1.54) is 50.6 Å². The fraction of sp³-hybridized carbons (Fsp3) is 0.667. The molecule has 114 valence electrons. The summed E-state index contributed by atoms with van der Waals surface area (Å²) in [4.78, 5) is 0. The molecule has 0 aliphatic rings. The summed E-state index contributed by atoms with van der Waals surface area (Å²) in [5.74, 6) is 0. The van der Waals surface area contributed by atoms with Crippen molar-refractivity contribution in [2.75, 3.05) is 39.3 Å². The first-order chi connectivity index (χ1) is 9.57. The molecule has 0 heterocycles. The molecule has 1 rings (SSSR count). The van der Waals surface area contributed by atoms with E-state index < -0.39 is 0 Å². The number of quaternary nitrogens is 2. The first-order valence-corrected chi connectivity index (χ1v) is 8.41. The van der Waals surface area contributed by atoms with E-state index in [1.54, 1.807) is 0 Å². The van der Waals surface area contributed by atoms with Crippen LogP contribution in [-0.2, 0) is 0 Å². The van der Waals surface area contributed by atoms with Crippen LogP contribution >= 0.6 is 0 Å². The van der Waals surface area contributed by atoms with Crippen LogP contribution < -0.4 is 8.97 Å². The lowest BCUT2D eigenvalue weighted by molar-refractivity contribution is 0.310. The van der Waals surface area contributed by atoms with Gasteiger partial charge in [-0.05, 0) is 41.5 Å². The Balaban J connectivity index is 3.16. The topological polar surface area (TPSA) is 0 Å². The minimum Gasteiger partial charge on any atom is -0.292 e. The smallest absolute Gasteiger partial charge is 0.133 e. The highest BCUT2D eigenvalue weighted by atomic mass is 15.4. The predicted molar refractivity (Wildman–Crippen MR) is 93.3 cm³/mol. The fourth-order valence-corrected chi connectivity index (χ4v) is 3.52. The molecule has 0 aromatic heterocycles. The number of benzene rings is 1. The Morgan fingerprint density at radius 1 is 0.500 bits per heavy atom. The van der Waals surface area contributed by atoms with Crippen LogP contribution in [0.25, 0.3) is 0 Å². The molecule has 0 bridgehead atoms. The second-order valence-electron chi connectivity index (χ2n) is 5.70. The normalized spacial score (nSPS) is 12.7. The zero-order valence-corrected chi connectivity index (χ0v) is 14.4. The molecule has 0 saturated heterocycles. The number of hydrogen-bond donors (Lipinski definition) is 0. The standard InChI is InChI=1S/C18H34N2/c1-7-19(8-2,9-3)17-13-15-18(16-14-17)20(10-4,11-5)12-6/h13-16H,7-12H2,1-6H3/q+2. The zero-order chi connectivity index (χ0) is 15.2. The molecule has 2 nitrogen and oxygen atoms in total. The molecular weight excluding hydrogens is 244 g/mol. The summed E-state index contributed by atoms with van der Waals surface area (Å²) in [6.07, 6.45) is 0. The quantitative estimate of drug-likeness (QED) is 0.617. The van der Waals surface area contributed by atoms with Crippen molar-refractivity contribution in [3.05, 3.63) is 24.3 Å². The largest absolute Gasteiger partial charge is 0.292 e. The van der Waals surface area contributed by atoms with Crippen molar-refractivity contribution >= 4 is 11.4 Å². The molecule has 1 aromatic carbocycles. The van der Waals surface area contributed by atoms with Crippen molar-refractivity contribution in [3.63, 3.8) is 0 Å². The van der Waals surface area contributed by atoms with Gasteiger partial charge < -0.3 is 0 Å². The lowest BCUT2D eigenvalue weighted by atomic mass is 10.1. The van der Waals surface area contributed by atoms with Crippen LogP contribution in [0.2, 0.25) is 0 Å². The van der Waals surface area contributed by atoms with E-state index in [9.17, 15) is 0 Å². The van der Waals surface area contributed by atoms with Crippen LogP contribution in [0.1, 0.15) is 41.5 Å². The lowest BCUT2D eigenvalue weighted by Crippen LogP contribution is -2.49. The van der Waals surface area contributed by atoms with Crippen LogP contribution in [0.4, 0.5) is 11.4 Å². The van der Waals surface area contributed by atoms with Crippen molar-refractivity contribution in [1.82, 2.24) is 8.97 Å². The summed E-state index contributed by atoms with van der Waals surface area (Å²) in [5.41, 5.74) is 2.92. The summed E-state index contributed by atoms with van der Waals surface area (Å²) in [7, 11) is 0. The number of nitrogens with zero attached hydrogens (tertiary/aromatic N) is 2. The van der Waals surface area contributed by atoms with Gasteiger partial charge in [0.2, 0.25) is 0 Å². The van der Waals surface area contributed by atoms with Gasteiger partial charge >= 0.3 is 0 Å². The van der Waals surface area contributed by atoms with Crippen LogP contribution in [0.3, 0.4) is 0 Å². The zero-order valence-electron chi connectivity index (χ0n) is 14.4. The van der Waals surface area contributed by atoms with Gasteiger partial charge in [-0.25, -0.2) is 0 Å². The Morgan fingerprint density at radius 2 is 0.700 bits per heavy atom. The van der Waals surface area contributed by atoms with E-state index in [1.807, 2.05) is 0 Å². The molecule has 0 unspecified atom stereocenters. The summed E-state index contributed by atoms with van der Waals surface area (Å²) in [6.45, 7) is 20.8. The van der Waals surface area contributed by atoms with Gasteiger partial charge in [0.1, 0.15) is 11.4 Å². The van der Waals surface area contributed by atoms with Crippen LogP contribution in [-0.4, -0.2) is 39.3 Å². The fourth-order valence-electron chi connectivity index (χ4n) is 3.52.